The van der Waals surface area contributed by atoms with Gasteiger partial charge < -0.3 is 10.5 Å². The molecule has 0 aliphatic heterocycles. The number of fused-ring (bicyclic) bond motifs is 1. The number of primary amides is 1. The van der Waals surface area contributed by atoms with Crippen LogP contribution in [0.15, 0.2) is 18.2 Å². The molecule has 16 heavy (non-hydrogen) atoms. The SMILES string of the molecule is CC1CCCc2cc(COC(N)=O)ccc21. The van der Waals surface area contributed by atoms with Crippen molar-refractivity contribution in [2.75, 3.05) is 0 Å². The van der Waals surface area contributed by atoms with Crippen molar-refractivity contribution in [3.05, 3.63) is 34.9 Å². The van der Waals surface area contributed by atoms with Crippen molar-refractivity contribution in [2.24, 2.45) is 5.73 Å². The van der Waals surface area contributed by atoms with E-state index in [-0.39, 0.29) is 6.61 Å². The highest BCUT2D eigenvalue weighted by Gasteiger charge is 2.16. The van der Waals surface area contributed by atoms with Gasteiger partial charge in [0.15, 0.2) is 0 Å². The van der Waals surface area contributed by atoms with Crippen LogP contribution in [-0.2, 0) is 17.8 Å². The lowest BCUT2D eigenvalue weighted by atomic mass is 9.83. The van der Waals surface area contributed by atoms with E-state index in [1.165, 1.54) is 24.0 Å². The minimum atomic E-state index is -0.717. The predicted octanol–water partition coefficient (Wildman–Crippen LogP) is 2.72. The van der Waals surface area contributed by atoms with Gasteiger partial charge in [0.1, 0.15) is 6.61 Å². The second kappa shape index (κ2) is 4.56. The maximum absolute atomic E-state index is 10.5. The van der Waals surface area contributed by atoms with Gasteiger partial charge >= 0.3 is 6.09 Å². The summed E-state index contributed by atoms with van der Waals surface area (Å²) in [4.78, 5) is 10.5. The Balaban J connectivity index is 2.15. The molecule has 1 unspecified atom stereocenters. The van der Waals surface area contributed by atoms with Crippen LogP contribution in [0.25, 0.3) is 0 Å². The van der Waals surface area contributed by atoms with E-state index in [1.807, 2.05) is 6.07 Å². The van der Waals surface area contributed by atoms with Gasteiger partial charge in [0.25, 0.3) is 0 Å². The standard InChI is InChI=1S/C13H17NO2/c1-9-3-2-4-11-7-10(5-6-12(9)11)8-16-13(14)15/h5-7,9H,2-4,8H2,1H3,(H2,14,15). The number of benzene rings is 1. The first-order valence-corrected chi connectivity index (χ1v) is 5.71. The highest BCUT2D eigenvalue weighted by Crippen LogP contribution is 2.31. The summed E-state index contributed by atoms with van der Waals surface area (Å²) in [6, 6.07) is 6.30. The van der Waals surface area contributed by atoms with Crippen LogP contribution in [0.1, 0.15) is 42.4 Å². The minimum absolute atomic E-state index is 0.275. The number of rotatable bonds is 2. The molecule has 1 aromatic carbocycles. The summed E-state index contributed by atoms with van der Waals surface area (Å²) in [7, 11) is 0. The zero-order chi connectivity index (χ0) is 11.5. The van der Waals surface area contributed by atoms with Gasteiger partial charge in [-0.1, -0.05) is 25.1 Å². The van der Waals surface area contributed by atoms with Crippen LogP contribution in [-0.4, -0.2) is 6.09 Å². The molecule has 0 saturated carbocycles. The third-order valence-corrected chi connectivity index (χ3v) is 3.20. The Labute approximate surface area is 95.6 Å². The number of aryl methyl sites for hydroxylation is 1. The molecule has 0 saturated heterocycles. The van der Waals surface area contributed by atoms with Crippen molar-refractivity contribution in [1.82, 2.24) is 0 Å². The molecular weight excluding hydrogens is 202 g/mol. The Morgan fingerprint density at radius 3 is 3.12 bits per heavy atom. The number of carbonyl (C=O) groups excluding carboxylic acids is 1. The van der Waals surface area contributed by atoms with Crippen LogP contribution < -0.4 is 5.73 Å². The van der Waals surface area contributed by atoms with E-state index < -0.39 is 6.09 Å². The number of amides is 1. The van der Waals surface area contributed by atoms with Crippen LogP contribution in [0.4, 0.5) is 4.79 Å². The van der Waals surface area contributed by atoms with Gasteiger partial charge in [-0.05, 0) is 41.9 Å². The monoisotopic (exact) mass is 219 g/mol. The average molecular weight is 219 g/mol. The molecule has 1 amide bonds. The fourth-order valence-corrected chi connectivity index (χ4v) is 2.35. The molecule has 1 aromatic rings. The Morgan fingerprint density at radius 2 is 2.38 bits per heavy atom. The molecule has 1 aliphatic carbocycles. The van der Waals surface area contributed by atoms with Crippen molar-refractivity contribution in [1.29, 1.82) is 0 Å². The smallest absolute Gasteiger partial charge is 0.404 e. The first kappa shape index (κ1) is 11.0. The number of hydrogen-bond donors (Lipinski definition) is 1. The van der Waals surface area contributed by atoms with E-state index >= 15 is 0 Å². The maximum Gasteiger partial charge on any atom is 0.404 e. The van der Waals surface area contributed by atoms with Crippen LogP contribution in [0, 0.1) is 0 Å². The zero-order valence-electron chi connectivity index (χ0n) is 9.53. The molecule has 86 valence electrons. The second-order valence-corrected chi connectivity index (χ2v) is 4.43. The van der Waals surface area contributed by atoms with Crippen molar-refractivity contribution in [2.45, 2.75) is 38.7 Å². The van der Waals surface area contributed by atoms with Gasteiger partial charge in [-0.2, -0.15) is 0 Å². The number of nitrogens with two attached hydrogens (primary N) is 1. The molecule has 0 heterocycles. The van der Waals surface area contributed by atoms with Crippen LogP contribution in [0.3, 0.4) is 0 Å². The fraction of sp³-hybridized carbons (Fsp3) is 0.462. The summed E-state index contributed by atoms with van der Waals surface area (Å²) < 4.78 is 4.78. The quantitative estimate of drug-likeness (QED) is 0.831. The second-order valence-electron chi connectivity index (χ2n) is 4.43. The van der Waals surface area contributed by atoms with Crippen molar-refractivity contribution < 1.29 is 9.53 Å². The van der Waals surface area contributed by atoms with E-state index in [4.69, 9.17) is 10.5 Å². The summed E-state index contributed by atoms with van der Waals surface area (Å²) in [5.74, 6) is 0.648. The van der Waals surface area contributed by atoms with E-state index in [0.717, 1.165) is 12.0 Å². The molecule has 0 spiro atoms. The normalized spacial score (nSPS) is 18.9. The third kappa shape index (κ3) is 2.35. The van der Waals surface area contributed by atoms with Crippen LogP contribution >= 0.6 is 0 Å². The van der Waals surface area contributed by atoms with Crippen LogP contribution in [0.2, 0.25) is 0 Å². The lowest BCUT2D eigenvalue weighted by Crippen LogP contribution is -2.13. The Hall–Kier alpha value is -1.51. The van der Waals surface area contributed by atoms with Gasteiger partial charge in [0, 0.05) is 0 Å². The predicted molar refractivity (Wildman–Crippen MR) is 62.2 cm³/mol. The maximum atomic E-state index is 10.5. The highest BCUT2D eigenvalue weighted by molar-refractivity contribution is 5.64. The van der Waals surface area contributed by atoms with E-state index in [2.05, 4.69) is 19.1 Å². The van der Waals surface area contributed by atoms with E-state index in [0.29, 0.717) is 5.92 Å². The summed E-state index contributed by atoms with van der Waals surface area (Å²) in [6.45, 7) is 2.54. The van der Waals surface area contributed by atoms with Gasteiger partial charge in [-0.25, -0.2) is 4.79 Å². The van der Waals surface area contributed by atoms with Crippen molar-refractivity contribution >= 4 is 6.09 Å². The molecule has 2 rings (SSSR count). The average Bonchev–Trinajstić information content (AvgIpc) is 2.26. The van der Waals surface area contributed by atoms with Crippen molar-refractivity contribution in [3.63, 3.8) is 0 Å². The first-order valence-electron chi connectivity index (χ1n) is 5.71. The Morgan fingerprint density at radius 1 is 1.56 bits per heavy atom. The molecule has 0 fully saturated rings. The zero-order valence-corrected chi connectivity index (χ0v) is 9.53. The lowest BCUT2D eigenvalue weighted by Gasteiger charge is -2.22. The van der Waals surface area contributed by atoms with Gasteiger partial charge in [0.05, 0.1) is 0 Å². The van der Waals surface area contributed by atoms with Crippen molar-refractivity contribution in [3.8, 4) is 0 Å². The highest BCUT2D eigenvalue weighted by atomic mass is 16.5. The molecule has 3 nitrogen and oxygen atoms in total. The Bertz CT molecular complexity index is 401. The molecule has 0 radical (unpaired) electrons. The summed E-state index contributed by atoms with van der Waals surface area (Å²) in [6.07, 6.45) is 2.92. The van der Waals surface area contributed by atoms with Crippen LogP contribution in [0.5, 0.6) is 0 Å². The first-order chi connectivity index (χ1) is 7.66. The topological polar surface area (TPSA) is 52.3 Å². The third-order valence-electron chi connectivity index (χ3n) is 3.20. The van der Waals surface area contributed by atoms with E-state index in [9.17, 15) is 4.79 Å². The van der Waals surface area contributed by atoms with E-state index in [1.54, 1.807) is 0 Å². The molecule has 2 N–H and O–H groups in total. The molecule has 1 aliphatic rings. The molecule has 1 atom stereocenters. The number of carbonyl (C=O) groups is 1. The molecule has 0 aromatic heterocycles. The summed E-state index contributed by atoms with van der Waals surface area (Å²) >= 11 is 0. The largest absolute Gasteiger partial charge is 0.445 e. The fourth-order valence-electron chi connectivity index (χ4n) is 2.35. The molecule has 0 bridgehead atoms. The number of hydrogen-bond acceptors (Lipinski definition) is 2. The van der Waals surface area contributed by atoms with Gasteiger partial charge in [0.2, 0.25) is 0 Å². The minimum Gasteiger partial charge on any atom is -0.445 e. The van der Waals surface area contributed by atoms with Gasteiger partial charge in [-0.15, -0.1) is 0 Å². The molecule has 3 heteroatoms. The van der Waals surface area contributed by atoms with Gasteiger partial charge in [-0.3, -0.25) is 0 Å². The summed E-state index contributed by atoms with van der Waals surface area (Å²) in [5, 5.41) is 0. The summed E-state index contributed by atoms with van der Waals surface area (Å²) in [5.41, 5.74) is 8.79. The number of ether oxygens (including phenoxy) is 1. The molecular formula is C13H17NO2. The lowest BCUT2D eigenvalue weighted by molar-refractivity contribution is 0.150. The Kier molecular flexibility index (Phi) is 3.13.